The molecule has 9 heteroatoms. The quantitative estimate of drug-likeness (QED) is 0.491. The summed E-state index contributed by atoms with van der Waals surface area (Å²) in [7, 11) is 0. The molecule has 4 aromatic rings. The second-order valence-electron chi connectivity index (χ2n) is 7.15. The van der Waals surface area contributed by atoms with E-state index >= 15 is 0 Å². The van der Waals surface area contributed by atoms with Crippen LogP contribution in [0.3, 0.4) is 0 Å². The molecule has 31 heavy (non-hydrogen) atoms. The molecule has 0 spiro atoms. The highest BCUT2D eigenvalue weighted by molar-refractivity contribution is 5.94. The zero-order chi connectivity index (χ0) is 21.2. The van der Waals surface area contributed by atoms with Gasteiger partial charge in [-0.1, -0.05) is 17.3 Å². The molecule has 0 atom stereocenters. The lowest BCUT2D eigenvalue weighted by molar-refractivity contribution is 0.0179. The van der Waals surface area contributed by atoms with Gasteiger partial charge in [-0.05, 0) is 31.2 Å². The number of rotatable bonds is 5. The van der Waals surface area contributed by atoms with Gasteiger partial charge in [-0.25, -0.2) is 4.98 Å². The molecule has 0 radical (unpaired) electrons. The van der Waals surface area contributed by atoms with E-state index in [9.17, 15) is 4.79 Å². The zero-order valence-corrected chi connectivity index (χ0v) is 16.7. The van der Waals surface area contributed by atoms with Crippen molar-refractivity contribution in [1.82, 2.24) is 30.0 Å². The van der Waals surface area contributed by atoms with E-state index in [4.69, 9.17) is 9.26 Å². The number of pyridine rings is 1. The topological polar surface area (TPSA) is 107 Å². The summed E-state index contributed by atoms with van der Waals surface area (Å²) >= 11 is 0. The minimum Gasteiger partial charge on any atom is -0.486 e. The van der Waals surface area contributed by atoms with E-state index in [1.165, 1.54) is 0 Å². The number of para-hydroxylation sites is 1. The zero-order valence-electron chi connectivity index (χ0n) is 16.7. The maximum Gasteiger partial charge on any atom is 0.262 e. The summed E-state index contributed by atoms with van der Waals surface area (Å²) in [6.07, 6.45) is 6.20. The molecular weight excluding hydrogens is 396 g/mol. The SMILES string of the molecule is Cc1ccc(C(=O)N2CC(Oc3ccccc3-c3nc(-c4cnccn4)no3)C2)cn1. The number of aryl methyl sites for hydroxylation is 1. The van der Waals surface area contributed by atoms with Crippen molar-refractivity contribution in [2.45, 2.75) is 13.0 Å². The third-order valence-electron chi connectivity index (χ3n) is 4.92. The average Bonchev–Trinajstić information content (AvgIpc) is 3.27. The van der Waals surface area contributed by atoms with Crippen molar-refractivity contribution in [3.8, 4) is 28.7 Å². The van der Waals surface area contributed by atoms with Crippen molar-refractivity contribution in [3.05, 3.63) is 72.4 Å². The van der Waals surface area contributed by atoms with Crippen molar-refractivity contribution in [3.63, 3.8) is 0 Å². The minimum atomic E-state index is -0.120. The van der Waals surface area contributed by atoms with Gasteiger partial charge in [0.15, 0.2) is 0 Å². The van der Waals surface area contributed by atoms with Gasteiger partial charge in [0.2, 0.25) is 5.82 Å². The normalized spacial score (nSPS) is 13.6. The first-order valence-corrected chi connectivity index (χ1v) is 9.75. The lowest BCUT2D eigenvalue weighted by Crippen LogP contribution is -2.56. The fourth-order valence-electron chi connectivity index (χ4n) is 3.23. The van der Waals surface area contributed by atoms with Crippen molar-refractivity contribution in [2.75, 3.05) is 13.1 Å². The van der Waals surface area contributed by atoms with Crippen LogP contribution in [0.1, 0.15) is 16.1 Å². The van der Waals surface area contributed by atoms with Gasteiger partial charge in [-0.15, -0.1) is 0 Å². The molecule has 1 saturated heterocycles. The molecule has 9 nitrogen and oxygen atoms in total. The lowest BCUT2D eigenvalue weighted by Gasteiger charge is -2.39. The van der Waals surface area contributed by atoms with Gasteiger partial charge in [0, 0.05) is 24.3 Å². The number of ether oxygens (including phenoxy) is 1. The summed E-state index contributed by atoms with van der Waals surface area (Å²) in [4.78, 5) is 31.1. The first-order valence-electron chi connectivity index (χ1n) is 9.75. The lowest BCUT2D eigenvalue weighted by atomic mass is 10.1. The van der Waals surface area contributed by atoms with E-state index in [0.717, 1.165) is 5.69 Å². The molecule has 1 amide bonds. The van der Waals surface area contributed by atoms with Crippen LogP contribution in [0, 0.1) is 6.92 Å². The Morgan fingerprint density at radius 3 is 2.74 bits per heavy atom. The van der Waals surface area contributed by atoms with Crippen LogP contribution in [0.15, 0.2) is 65.7 Å². The van der Waals surface area contributed by atoms with Gasteiger partial charge in [0.25, 0.3) is 11.8 Å². The van der Waals surface area contributed by atoms with E-state index in [1.807, 2.05) is 37.3 Å². The molecule has 0 aliphatic carbocycles. The number of amides is 1. The van der Waals surface area contributed by atoms with Crippen LogP contribution < -0.4 is 4.74 Å². The summed E-state index contributed by atoms with van der Waals surface area (Å²) in [6, 6.07) is 11.1. The molecule has 0 bridgehead atoms. The molecule has 1 aliphatic heterocycles. The maximum absolute atomic E-state index is 12.5. The Bertz CT molecular complexity index is 1200. The first-order chi connectivity index (χ1) is 15.2. The van der Waals surface area contributed by atoms with Crippen LogP contribution in [-0.2, 0) is 0 Å². The van der Waals surface area contributed by atoms with Crippen LogP contribution in [0.25, 0.3) is 23.0 Å². The summed E-state index contributed by atoms with van der Waals surface area (Å²) in [6.45, 7) is 2.88. The Labute approximate surface area is 177 Å². The number of nitrogens with zero attached hydrogens (tertiary/aromatic N) is 6. The highest BCUT2D eigenvalue weighted by atomic mass is 16.5. The largest absolute Gasteiger partial charge is 0.486 e. The van der Waals surface area contributed by atoms with Crippen molar-refractivity contribution in [2.24, 2.45) is 0 Å². The minimum absolute atomic E-state index is 0.0499. The molecular formula is C22H18N6O3. The summed E-state index contributed by atoms with van der Waals surface area (Å²) in [5.74, 6) is 1.25. The van der Waals surface area contributed by atoms with E-state index in [1.54, 1.807) is 35.8 Å². The molecule has 0 unspecified atom stereocenters. The van der Waals surface area contributed by atoms with Crippen LogP contribution in [0.5, 0.6) is 5.75 Å². The second-order valence-corrected chi connectivity index (χ2v) is 7.15. The number of carbonyl (C=O) groups is 1. The summed E-state index contributed by atoms with van der Waals surface area (Å²) in [5, 5.41) is 3.99. The Morgan fingerprint density at radius 2 is 1.97 bits per heavy atom. The van der Waals surface area contributed by atoms with E-state index in [2.05, 4.69) is 25.1 Å². The monoisotopic (exact) mass is 414 g/mol. The van der Waals surface area contributed by atoms with Crippen LogP contribution in [-0.4, -0.2) is 55.1 Å². The van der Waals surface area contributed by atoms with Gasteiger partial charge >= 0.3 is 0 Å². The number of hydrogen-bond donors (Lipinski definition) is 0. The molecule has 3 aromatic heterocycles. The molecule has 154 valence electrons. The van der Waals surface area contributed by atoms with Crippen molar-refractivity contribution >= 4 is 5.91 Å². The molecule has 1 aliphatic rings. The summed E-state index contributed by atoms with van der Waals surface area (Å²) < 4.78 is 11.5. The Kier molecular flexibility index (Phi) is 4.83. The van der Waals surface area contributed by atoms with Gasteiger partial charge in [-0.2, -0.15) is 4.98 Å². The molecule has 0 saturated carbocycles. The fraction of sp³-hybridized carbons (Fsp3) is 0.182. The highest BCUT2D eigenvalue weighted by Gasteiger charge is 2.33. The Morgan fingerprint density at radius 1 is 1.10 bits per heavy atom. The molecule has 0 N–H and O–H groups in total. The number of hydrogen-bond acceptors (Lipinski definition) is 8. The van der Waals surface area contributed by atoms with Crippen LogP contribution in [0.2, 0.25) is 0 Å². The summed E-state index contributed by atoms with van der Waals surface area (Å²) in [5.41, 5.74) is 2.65. The van der Waals surface area contributed by atoms with Crippen LogP contribution >= 0.6 is 0 Å². The molecule has 4 heterocycles. The van der Waals surface area contributed by atoms with Crippen LogP contribution in [0.4, 0.5) is 0 Å². The first kappa shape index (κ1) is 18.9. The molecule has 1 aromatic carbocycles. The number of carbonyl (C=O) groups excluding carboxylic acids is 1. The number of aromatic nitrogens is 5. The Hall–Kier alpha value is -4.14. The van der Waals surface area contributed by atoms with E-state index < -0.39 is 0 Å². The highest BCUT2D eigenvalue weighted by Crippen LogP contribution is 2.31. The molecule has 1 fully saturated rings. The third kappa shape index (κ3) is 3.85. The van der Waals surface area contributed by atoms with Gasteiger partial charge in [-0.3, -0.25) is 14.8 Å². The fourth-order valence-corrected chi connectivity index (χ4v) is 3.23. The van der Waals surface area contributed by atoms with E-state index in [-0.39, 0.29) is 12.0 Å². The van der Waals surface area contributed by atoms with Gasteiger partial charge in [0.05, 0.1) is 30.4 Å². The maximum atomic E-state index is 12.5. The average molecular weight is 414 g/mol. The smallest absolute Gasteiger partial charge is 0.262 e. The van der Waals surface area contributed by atoms with E-state index in [0.29, 0.717) is 47.4 Å². The van der Waals surface area contributed by atoms with Crippen molar-refractivity contribution in [1.29, 1.82) is 0 Å². The Balaban J connectivity index is 1.28. The number of benzene rings is 1. The predicted molar refractivity (Wildman–Crippen MR) is 110 cm³/mol. The van der Waals surface area contributed by atoms with Gasteiger partial charge in [0.1, 0.15) is 17.5 Å². The third-order valence-corrected chi connectivity index (χ3v) is 4.92. The van der Waals surface area contributed by atoms with Crippen molar-refractivity contribution < 1.29 is 14.1 Å². The molecule has 5 rings (SSSR count). The second kappa shape index (κ2) is 7.94. The predicted octanol–water partition coefficient (Wildman–Crippen LogP) is 2.80. The standard InChI is InChI=1S/C22H18N6O3/c1-14-6-7-15(10-25-14)22(29)28-12-16(13-28)30-19-5-3-2-4-17(19)21-26-20(27-31-21)18-11-23-8-9-24-18/h2-11,16H,12-13H2,1H3. The van der Waals surface area contributed by atoms with Gasteiger partial charge < -0.3 is 14.2 Å². The number of likely N-dealkylation sites (tertiary alicyclic amines) is 1.